The predicted octanol–water partition coefficient (Wildman–Crippen LogP) is 12.7. The van der Waals surface area contributed by atoms with Crippen molar-refractivity contribution in [1.82, 2.24) is 9.80 Å². The number of hydrogen-bond acceptors (Lipinski definition) is 3. The lowest BCUT2D eigenvalue weighted by molar-refractivity contribution is -0.132. The fourth-order valence-corrected chi connectivity index (χ4v) is 9.30. The second-order valence-electron chi connectivity index (χ2n) is 20.4. The molecule has 0 spiro atoms. The van der Waals surface area contributed by atoms with E-state index < -0.39 is 0 Å². The van der Waals surface area contributed by atoms with E-state index in [4.69, 9.17) is 0 Å². The van der Waals surface area contributed by atoms with Gasteiger partial charge >= 0.3 is 0 Å². The normalized spacial score (nSPS) is 21.6. The van der Waals surface area contributed by atoms with E-state index in [1.54, 1.807) is 0 Å². The van der Waals surface area contributed by atoms with Gasteiger partial charge in [-0.1, -0.05) is 119 Å². The molecule has 2 aliphatic carbocycles. The molecule has 5 nitrogen and oxygen atoms in total. The summed E-state index contributed by atoms with van der Waals surface area (Å²) in [5, 5.41) is 2.77. The Morgan fingerprint density at radius 1 is 0.727 bits per heavy atom. The molecular weight excluding hydrogens is 677 g/mol. The summed E-state index contributed by atoms with van der Waals surface area (Å²) in [7, 11) is 0. The number of carbonyl (C=O) groups excluding carboxylic acids is 3. The zero-order valence-electron chi connectivity index (χ0n) is 37.4. The van der Waals surface area contributed by atoms with Crippen LogP contribution in [0.25, 0.3) is 10.8 Å². The zero-order valence-corrected chi connectivity index (χ0v) is 37.4. The fraction of sp³-hybridized carbons (Fsp3) is 0.740. The van der Waals surface area contributed by atoms with Crippen LogP contribution in [-0.4, -0.2) is 53.6 Å². The standard InChI is InChI=1S/C16H20.C13H22O.C11H21NO.C10H19NO/c1-16(2,3)12-11-14-9-6-8-13-7-4-5-10-15(13)14;1-9(2)7-13-6-5-10(11(14)8-13)12(13,3)4;1-10(2)6-7-11(13)12-8-4-3-5-9-12;1-9(2)5-6-10(12)11-7-3-4-8-11/h4-10H,11-12H2,1-3H3;9-10H,5-8H2,1-4H3;10H,3-9H2,1-2H3;9H,3-8H2,1-2H3. The molecule has 0 N–H and O–H groups in total. The summed E-state index contributed by atoms with van der Waals surface area (Å²) in [4.78, 5) is 39.0. The summed E-state index contributed by atoms with van der Waals surface area (Å²) in [5.41, 5.74) is 2.52. The van der Waals surface area contributed by atoms with E-state index in [1.165, 1.54) is 74.1 Å². The number of fused-ring (bicyclic) bond motifs is 3. The van der Waals surface area contributed by atoms with E-state index in [0.29, 0.717) is 46.2 Å². The Bertz CT molecular complexity index is 1470. The number of likely N-dealkylation sites (tertiary alicyclic amines) is 2. The molecule has 55 heavy (non-hydrogen) atoms. The maximum atomic E-state index is 11.8. The number of Topliss-reactive ketones (excluding diaryl/α,β-unsaturated/α-hetero) is 1. The van der Waals surface area contributed by atoms with Crippen LogP contribution in [0.15, 0.2) is 42.5 Å². The van der Waals surface area contributed by atoms with Crippen LogP contribution < -0.4 is 0 Å². The van der Waals surface area contributed by atoms with Gasteiger partial charge in [0.15, 0.2) is 0 Å². The first-order valence-corrected chi connectivity index (χ1v) is 22.4. The molecule has 2 saturated heterocycles. The highest BCUT2D eigenvalue weighted by molar-refractivity contribution is 5.87. The highest BCUT2D eigenvalue weighted by Crippen LogP contribution is 2.66. The van der Waals surface area contributed by atoms with E-state index in [2.05, 4.69) is 119 Å². The molecule has 2 amide bonds. The van der Waals surface area contributed by atoms with Crippen LogP contribution in [0.3, 0.4) is 0 Å². The molecule has 6 rings (SSSR count). The van der Waals surface area contributed by atoms with Crippen LogP contribution in [-0.2, 0) is 20.8 Å². The summed E-state index contributed by atoms with van der Waals surface area (Å²) in [6.45, 7) is 28.8. The van der Waals surface area contributed by atoms with Crippen LogP contribution >= 0.6 is 0 Å². The minimum Gasteiger partial charge on any atom is -0.343 e. The predicted molar refractivity (Wildman–Crippen MR) is 234 cm³/mol. The van der Waals surface area contributed by atoms with Gasteiger partial charge < -0.3 is 9.80 Å². The number of benzene rings is 2. The van der Waals surface area contributed by atoms with Crippen molar-refractivity contribution < 1.29 is 14.4 Å². The number of amides is 2. The number of piperidine rings is 1. The van der Waals surface area contributed by atoms with E-state index in [-0.39, 0.29) is 5.41 Å². The Morgan fingerprint density at radius 2 is 1.24 bits per heavy atom. The second kappa shape index (κ2) is 21.7. The first kappa shape index (κ1) is 46.7. The van der Waals surface area contributed by atoms with Gasteiger partial charge in [-0.15, -0.1) is 0 Å². The number of carbonyl (C=O) groups is 3. The SMILES string of the molecule is CC(C)(C)CCc1cccc2ccccc12.CC(C)CC12CCC(C(=O)C1)C2(C)C.CC(C)CCC(=O)N1CCCC1.CC(C)CCC(=O)N1CCCCC1. The van der Waals surface area contributed by atoms with Gasteiger partial charge in [-0.05, 0) is 127 Å². The average Bonchev–Trinajstić information content (AvgIpc) is 3.80. The maximum absolute atomic E-state index is 11.8. The molecule has 310 valence electrons. The third-order valence-corrected chi connectivity index (χ3v) is 12.9. The lowest BCUT2D eigenvalue weighted by atomic mass is 9.65. The van der Waals surface area contributed by atoms with Gasteiger partial charge in [-0.3, -0.25) is 14.4 Å². The summed E-state index contributed by atoms with van der Waals surface area (Å²) in [6.07, 6.45) is 16.6. The number of ketones is 1. The monoisotopic (exact) mass is 759 g/mol. The van der Waals surface area contributed by atoms with E-state index in [0.717, 1.165) is 70.6 Å². The van der Waals surface area contributed by atoms with Gasteiger partial charge in [-0.2, -0.15) is 0 Å². The third kappa shape index (κ3) is 14.6. The Balaban J connectivity index is 0.000000198. The Kier molecular flexibility index (Phi) is 18.4. The minimum absolute atomic E-state index is 0.272. The molecule has 2 aromatic rings. The average molecular weight is 759 g/mol. The lowest BCUT2D eigenvalue weighted by Crippen LogP contribution is -2.35. The topological polar surface area (TPSA) is 57.7 Å². The number of aryl methyl sites for hydroxylation is 1. The van der Waals surface area contributed by atoms with Crippen LogP contribution in [0.4, 0.5) is 0 Å². The van der Waals surface area contributed by atoms with Crippen LogP contribution in [0.1, 0.15) is 172 Å². The van der Waals surface area contributed by atoms with Crippen molar-refractivity contribution in [3.8, 4) is 0 Å². The fourth-order valence-electron chi connectivity index (χ4n) is 9.30. The summed E-state index contributed by atoms with van der Waals surface area (Å²) >= 11 is 0. The van der Waals surface area contributed by atoms with Gasteiger partial charge in [0.2, 0.25) is 11.8 Å². The molecule has 2 aromatic carbocycles. The number of hydrogen-bond donors (Lipinski definition) is 0. The van der Waals surface area contributed by atoms with Crippen LogP contribution in [0.5, 0.6) is 0 Å². The Hall–Kier alpha value is -2.69. The minimum atomic E-state index is 0.272. The molecular formula is C50H82N2O3. The molecule has 5 heteroatoms. The first-order valence-electron chi connectivity index (χ1n) is 22.4. The van der Waals surface area contributed by atoms with E-state index >= 15 is 0 Å². The molecule has 4 fully saturated rings. The van der Waals surface area contributed by atoms with Crippen molar-refractivity contribution in [2.24, 2.45) is 39.9 Å². The van der Waals surface area contributed by atoms with Gasteiger partial charge in [0.1, 0.15) is 5.78 Å². The van der Waals surface area contributed by atoms with Crippen LogP contribution in [0.2, 0.25) is 0 Å². The molecule has 2 heterocycles. The van der Waals surface area contributed by atoms with E-state index in [9.17, 15) is 14.4 Å². The van der Waals surface area contributed by atoms with Crippen molar-refractivity contribution in [3.05, 3.63) is 48.0 Å². The molecule has 2 atom stereocenters. The first-order chi connectivity index (χ1) is 25.8. The third-order valence-electron chi connectivity index (χ3n) is 12.9. The highest BCUT2D eigenvalue weighted by Gasteiger charge is 2.62. The van der Waals surface area contributed by atoms with Crippen molar-refractivity contribution in [1.29, 1.82) is 0 Å². The molecule has 2 aliphatic heterocycles. The number of nitrogens with zero attached hydrogens (tertiary/aromatic N) is 2. The quantitative estimate of drug-likeness (QED) is 0.242. The Labute approximate surface area is 338 Å². The maximum Gasteiger partial charge on any atom is 0.222 e. The molecule has 4 aliphatic rings. The summed E-state index contributed by atoms with van der Waals surface area (Å²) < 4.78 is 0. The highest BCUT2D eigenvalue weighted by atomic mass is 16.2. The summed E-state index contributed by atoms with van der Waals surface area (Å²) in [6, 6.07) is 15.3. The van der Waals surface area contributed by atoms with Gasteiger partial charge in [0.25, 0.3) is 0 Å². The molecule has 0 radical (unpaired) electrons. The molecule has 2 unspecified atom stereocenters. The second-order valence-corrected chi connectivity index (χ2v) is 20.4. The molecule has 2 saturated carbocycles. The van der Waals surface area contributed by atoms with Crippen molar-refractivity contribution >= 4 is 28.4 Å². The van der Waals surface area contributed by atoms with Crippen molar-refractivity contribution in [3.63, 3.8) is 0 Å². The van der Waals surface area contributed by atoms with Crippen molar-refractivity contribution in [2.45, 2.75) is 172 Å². The van der Waals surface area contributed by atoms with Gasteiger partial charge in [-0.25, -0.2) is 0 Å². The molecule has 2 bridgehead atoms. The summed E-state index contributed by atoms with van der Waals surface area (Å²) in [5.74, 6) is 3.67. The van der Waals surface area contributed by atoms with E-state index in [1.807, 2.05) is 9.80 Å². The van der Waals surface area contributed by atoms with Crippen LogP contribution in [0, 0.1) is 39.9 Å². The molecule has 0 aromatic heterocycles. The van der Waals surface area contributed by atoms with Gasteiger partial charge in [0.05, 0.1) is 0 Å². The number of rotatable bonds is 10. The Morgan fingerprint density at radius 3 is 1.69 bits per heavy atom. The zero-order chi connectivity index (χ0) is 40.8. The van der Waals surface area contributed by atoms with Crippen molar-refractivity contribution in [2.75, 3.05) is 26.2 Å². The smallest absolute Gasteiger partial charge is 0.222 e. The largest absolute Gasteiger partial charge is 0.343 e. The van der Waals surface area contributed by atoms with Gasteiger partial charge in [0, 0.05) is 51.4 Å². The lowest BCUT2D eigenvalue weighted by Gasteiger charge is -2.38.